The molecule has 6 nitrogen and oxygen atoms in total. The van der Waals surface area contributed by atoms with Crippen LogP contribution in [0.3, 0.4) is 0 Å². The van der Waals surface area contributed by atoms with Crippen molar-refractivity contribution in [1.82, 2.24) is 20.0 Å². The lowest BCUT2D eigenvalue weighted by molar-refractivity contribution is -0.124. The summed E-state index contributed by atoms with van der Waals surface area (Å²) in [6.45, 7) is 5.44. The molecule has 1 saturated carbocycles. The van der Waals surface area contributed by atoms with Gasteiger partial charge >= 0.3 is 0 Å². The number of carbonyl (C=O) groups is 2. The van der Waals surface area contributed by atoms with Gasteiger partial charge in [0.1, 0.15) is 0 Å². The second-order valence-corrected chi connectivity index (χ2v) is 8.35. The van der Waals surface area contributed by atoms with Crippen LogP contribution in [0.4, 0.5) is 0 Å². The minimum Gasteiger partial charge on any atom is -0.356 e. The van der Waals surface area contributed by atoms with Crippen molar-refractivity contribution in [3.05, 3.63) is 52.8 Å². The fourth-order valence-corrected chi connectivity index (χ4v) is 4.73. The van der Waals surface area contributed by atoms with Gasteiger partial charge in [-0.3, -0.25) is 14.3 Å². The highest BCUT2D eigenvalue weighted by Crippen LogP contribution is 2.38. The second-order valence-electron chi connectivity index (χ2n) is 8.35. The number of benzene rings is 1. The van der Waals surface area contributed by atoms with Crippen molar-refractivity contribution < 1.29 is 9.59 Å². The summed E-state index contributed by atoms with van der Waals surface area (Å²) in [4.78, 5) is 26.6. The van der Waals surface area contributed by atoms with Crippen LogP contribution in [0.25, 0.3) is 0 Å². The Kier molecular flexibility index (Phi) is 4.96. The summed E-state index contributed by atoms with van der Waals surface area (Å²) in [5.74, 6) is 1.10. The molecule has 1 N–H and O–H groups in total. The monoisotopic (exact) mass is 380 g/mol. The maximum Gasteiger partial charge on any atom is 0.253 e. The predicted molar refractivity (Wildman–Crippen MR) is 107 cm³/mol. The van der Waals surface area contributed by atoms with Crippen LogP contribution in [0.2, 0.25) is 0 Å². The molecule has 4 rings (SSSR count). The van der Waals surface area contributed by atoms with Crippen LogP contribution in [-0.4, -0.2) is 46.1 Å². The van der Waals surface area contributed by atoms with Crippen LogP contribution in [-0.2, 0) is 11.3 Å². The van der Waals surface area contributed by atoms with Crippen molar-refractivity contribution >= 4 is 11.8 Å². The molecule has 1 aromatic carbocycles. The molecule has 148 valence electrons. The lowest BCUT2D eigenvalue weighted by Gasteiger charge is -2.25. The van der Waals surface area contributed by atoms with Gasteiger partial charge in [-0.1, -0.05) is 12.1 Å². The Labute approximate surface area is 165 Å². The number of piperidine rings is 1. The molecule has 0 spiro atoms. The number of rotatable bonds is 4. The number of aryl methyl sites for hydroxylation is 2. The number of fused-ring (bicyclic) bond motifs is 1. The zero-order valence-corrected chi connectivity index (χ0v) is 16.8. The Morgan fingerprint density at radius 1 is 1.25 bits per heavy atom. The van der Waals surface area contributed by atoms with Gasteiger partial charge in [-0.25, -0.2) is 0 Å². The molecule has 1 aliphatic carbocycles. The van der Waals surface area contributed by atoms with Gasteiger partial charge in [0.2, 0.25) is 5.91 Å². The highest BCUT2D eigenvalue weighted by Gasteiger charge is 2.40. The van der Waals surface area contributed by atoms with Crippen LogP contribution in [0.15, 0.2) is 30.3 Å². The zero-order chi connectivity index (χ0) is 19.8. The molecule has 2 fully saturated rings. The Bertz CT molecular complexity index is 904. The first-order valence-electron chi connectivity index (χ1n) is 10.0. The summed E-state index contributed by atoms with van der Waals surface area (Å²) >= 11 is 0. The SMILES string of the molecule is Cc1cc(C)n(Cc2cccc(C(=O)N(C)[C@H]3C[C@H]4CC(=O)NC[C@H]4C3)c2)n1. The Morgan fingerprint density at radius 3 is 2.79 bits per heavy atom. The number of aromatic nitrogens is 2. The molecule has 1 aromatic heterocycles. The van der Waals surface area contributed by atoms with Gasteiger partial charge in [0.15, 0.2) is 0 Å². The van der Waals surface area contributed by atoms with Crippen LogP contribution in [0.5, 0.6) is 0 Å². The molecule has 2 heterocycles. The summed E-state index contributed by atoms with van der Waals surface area (Å²) in [6.07, 6.45) is 2.49. The first-order chi connectivity index (χ1) is 13.4. The van der Waals surface area contributed by atoms with Crippen LogP contribution in [0, 0.1) is 25.7 Å². The van der Waals surface area contributed by atoms with Gasteiger partial charge in [0.05, 0.1) is 12.2 Å². The van der Waals surface area contributed by atoms with Gasteiger partial charge in [0.25, 0.3) is 5.91 Å². The highest BCUT2D eigenvalue weighted by atomic mass is 16.2. The molecule has 2 aliphatic rings. The first-order valence-corrected chi connectivity index (χ1v) is 10.0. The smallest absolute Gasteiger partial charge is 0.253 e. The summed E-state index contributed by atoms with van der Waals surface area (Å²) in [6, 6.07) is 10.1. The third kappa shape index (κ3) is 3.68. The molecule has 28 heavy (non-hydrogen) atoms. The fourth-order valence-electron chi connectivity index (χ4n) is 4.73. The minimum absolute atomic E-state index is 0.0538. The molecule has 0 bridgehead atoms. The topological polar surface area (TPSA) is 67.2 Å². The van der Waals surface area contributed by atoms with Crippen molar-refractivity contribution in [3.8, 4) is 0 Å². The lowest BCUT2D eigenvalue weighted by Crippen LogP contribution is -2.38. The van der Waals surface area contributed by atoms with E-state index in [9.17, 15) is 9.59 Å². The number of hydrogen-bond donors (Lipinski definition) is 1. The third-order valence-electron chi connectivity index (χ3n) is 6.30. The molecule has 3 atom stereocenters. The molecule has 0 radical (unpaired) electrons. The van der Waals surface area contributed by atoms with E-state index in [2.05, 4.69) is 16.5 Å². The molecular weight excluding hydrogens is 352 g/mol. The van der Waals surface area contributed by atoms with E-state index < -0.39 is 0 Å². The van der Waals surface area contributed by atoms with E-state index >= 15 is 0 Å². The maximum absolute atomic E-state index is 13.1. The van der Waals surface area contributed by atoms with Gasteiger partial charge in [-0.2, -0.15) is 5.10 Å². The van der Waals surface area contributed by atoms with E-state index in [1.165, 1.54) is 0 Å². The molecule has 1 saturated heterocycles. The van der Waals surface area contributed by atoms with Crippen molar-refractivity contribution in [3.63, 3.8) is 0 Å². The van der Waals surface area contributed by atoms with E-state index in [1.807, 2.05) is 54.7 Å². The Balaban J connectivity index is 1.46. The average molecular weight is 380 g/mol. The molecule has 2 aromatic rings. The largest absolute Gasteiger partial charge is 0.356 e. The zero-order valence-electron chi connectivity index (χ0n) is 16.8. The number of carbonyl (C=O) groups excluding carboxylic acids is 2. The van der Waals surface area contributed by atoms with Gasteiger partial charge < -0.3 is 10.2 Å². The number of nitrogens with zero attached hydrogens (tertiary/aromatic N) is 3. The van der Waals surface area contributed by atoms with E-state index in [0.717, 1.165) is 36.3 Å². The second kappa shape index (κ2) is 7.41. The fraction of sp³-hybridized carbons (Fsp3) is 0.500. The third-order valence-corrected chi connectivity index (χ3v) is 6.30. The van der Waals surface area contributed by atoms with E-state index in [4.69, 9.17) is 0 Å². The number of amides is 2. The van der Waals surface area contributed by atoms with Crippen molar-refractivity contribution in [1.29, 1.82) is 0 Å². The minimum atomic E-state index is 0.0538. The van der Waals surface area contributed by atoms with Crippen LogP contribution in [0.1, 0.15) is 46.6 Å². The standard InChI is InChI=1S/C22H28N4O2/c1-14-7-15(2)26(24-14)13-16-5-4-6-17(8-16)22(28)25(3)20-9-18-11-21(27)23-12-19(18)10-20/h4-8,18-20H,9-13H2,1-3H3,(H,23,27)/t18-,19+,20-/m0/s1. The quantitative estimate of drug-likeness (QED) is 0.886. The van der Waals surface area contributed by atoms with E-state index in [0.29, 0.717) is 30.4 Å². The summed E-state index contributed by atoms with van der Waals surface area (Å²) in [5, 5.41) is 7.47. The molecular formula is C22H28N4O2. The summed E-state index contributed by atoms with van der Waals surface area (Å²) < 4.78 is 1.97. The highest BCUT2D eigenvalue weighted by molar-refractivity contribution is 5.94. The van der Waals surface area contributed by atoms with Crippen molar-refractivity contribution in [2.45, 2.75) is 45.7 Å². The molecule has 1 aliphatic heterocycles. The Hall–Kier alpha value is -2.63. The number of nitrogens with one attached hydrogen (secondary N) is 1. The number of hydrogen-bond acceptors (Lipinski definition) is 3. The van der Waals surface area contributed by atoms with Gasteiger partial charge in [-0.05, 0) is 62.3 Å². The van der Waals surface area contributed by atoms with Crippen molar-refractivity contribution in [2.75, 3.05) is 13.6 Å². The molecule has 0 unspecified atom stereocenters. The summed E-state index contributed by atoms with van der Waals surface area (Å²) in [5.41, 5.74) is 3.90. The van der Waals surface area contributed by atoms with Crippen LogP contribution < -0.4 is 5.32 Å². The van der Waals surface area contributed by atoms with Gasteiger partial charge in [0, 0.05) is 37.3 Å². The normalized spacial score (nSPS) is 24.0. The van der Waals surface area contributed by atoms with E-state index in [1.54, 1.807) is 0 Å². The van der Waals surface area contributed by atoms with Crippen molar-refractivity contribution in [2.24, 2.45) is 11.8 Å². The first kappa shape index (κ1) is 18.7. The molecule has 6 heteroatoms. The van der Waals surface area contributed by atoms with Crippen LogP contribution >= 0.6 is 0 Å². The average Bonchev–Trinajstić information content (AvgIpc) is 3.22. The van der Waals surface area contributed by atoms with Gasteiger partial charge in [-0.15, -0.1) is 0 Å². The lowest BCUT2D eigenvalue weighted by atomic mass is 9.89. The Morgan fingerprint density at radius 2 is 2.04 bits per heavy atom. The predicted octanol–water partition coefficient (Wildman–Crippen LogP) is 2.53. The van der Waals surface area contributed by atoms with E-state index in [-0.39, 0.29) is 17.9 Å². The summed E-state index contributed by atoms with van der Waals surface area (Å²) in [7, 11) is 1.90. The molecule has 2 amide bonds. The maximum atomic E-state index is 13.1.